The lowest BCUT2D eigenvalue weighted by Crippen LogP contribution is -2.25. The van der Waals surface area contributed by atoms with Gasteiger partial charge in [-0.2, -0.15) is 5.10 Å². The predicted octanol–water partition coefficient (Wildman–Crippen LogP) is 4.91. The summed E-state index contributed by atoms with van der Waals surface area (Å²) in [7, 11) is 0. The summed E-state index contributed by atoms with van der Waals surface area (Å²) in [5.74, 6) is -0.651. The van der Waals surface area contributed by atoms with Crippen LogP contribution in [-0.2, 0) is 0 Å². The average molecular weight is 565 g/mol. The molecule has 0 aliphatic heterocycles. The Morgan fingerprint density at radius 2 is 1.93 bits per heavy atom. The standard InChI is InChI=1S/C18H13Cl3IN5O2/c1-9-5-10(19)6-11(17(28)24-8-22)15(9)25-18(29)13-7-14(21)26-27(13)16-12(20)3-2-4-23-16/h2-7H,8H2,1H3,(H,24,28)(H,25,29). The molecule has 0 aliphatic rings. The Hall–Kier alpha value is -1.88. The minimum atomic E-state index is -0.542. The maximum absolute atomic E-state index is 13.0. The first kappa shape index (κ1) is 21.8. The van der Waals surface area contributed by atoms with Gasteiger partial charge in [0, 0.05) is 17.3 Å². The molecule has 0 aliphatic carbocycles. The summed E-state index contributed by atoms with van der Waals surface area (Å²) in [6.07, 6.45) is 1.52. The van der Waals surface area contributed by atoms with Gasteiger partial charge in [0.2, 0.25) is 0 Å². The highest BCUT2D eigenvalue weighted by Crippen LogP contribution is 2.27. The summed E-state index contributed by atoms with van der Waals surface area (Å²) in [6, 6.07) is 7.81. The lowest BCUT2D eigenvalue weighted by molar-refractivity contribution is 0.0963. The topological polar surface area (TPSA) is 88.9 Å². The molecule has 7 nitrogen and oxygen atoms in total. The molecule has 0 atom stereocenters. The molecule has 1 aromatic carbocycles. The number of amides is 2. The van der Waals surface area contributed by atoms with Crippen LogP contribution in [0.1, 0.15) is 26.4 Å². The smallest absolute Gasteiger partial charge is 0.274 e. The van der Waals surface area contributed by atoms with Gasteiger partial charge in [-0.05, 0) is 36.8 Å². The van der Waals surface area contributed by atoms with Crippen molar-refractivity contribution in [2.24, 2.45) is 0 Å². The summed E-state index contributed by atoms with van der Waals surface area (Å²) in [5.41, 5.74) is 1.30. The van der Waals surface area contributed by atoms with E-state index in [0.29, 0.717) is 25.8 Å². The van der Waals surface area contributed by atoms with Crippen LogP contribution in [0.4, 0.5) is 5.69 Å². The lowest BCUT2D eigenvalue weighted by Gasteiger charge is -2.15. The number of hydrogen-bond donors (Lipinski definition) is 2. The fraction of sp³-hybridized carbons (Fsp3) is 0.111. The first-order valence-electron chi connectivity index (χ1n) is 8.14. The molecule has 2 N–H and O–H groups in total. The van der Waals surface area contributed by atoms with Gasteiger partial charge >= 0.3 is 0 Å². The first-order chi connectivity index (χ1) is 13.8. The van der Waals surface area contributed by atoms with Crippen molar-refractivity contribution in [2.75, 3.05) is 9.87 Å². The average Bonchev–Trinajstić information content (AvgIpc) is 3.05. The van der Waals surface area contributed by atoms with E-state index in [4.69, 9.17) is 34.8 Å². The van der Waals surface area contributed by atoms with Crippen LogP contribution >= 0.6 is 57.4 Å². The molecule has 3 rings (SSSR count). The van der Waals surface area contributed by atoms with Crippen LogP contribution in [0, 0.1) is 6.92 Å². The van der Waals surface area contributed by atoms with Crippen molar-refractivity contribution in [3.8, 4) is 5.82 Å². The monoisotopic (exact) mass is 563 g/mol. The number of nitrogens with zero attached hydrogens (tertiary/aromatic N) is 3. The molecule has 0 fully saturated rings. The van der Waals surface area contributed by atoms with Gasteiger partial charge in [-0.3, -0.25) is 9.59 Å². The van der Waals surface area contributed by atoms with Gasteiger partial charge in [0.25, 0.3) is 11.8 Å². The molecule has 29 heavy (non-hydrogen) atoms. The second-order valence-electron chi connectivity index (χ2n) is 5.81. The van der Waals surface area contributed by atoms with Gasteiger partial charge < -0.3 is 10.6 Å². The zero-order valence-corrected chi connectivity index (χ0v) is 19.3. The molecule has 0 saturated heterocycles. The van der Waals surface area contributed by atoms with Gasteiger partial charge in [0.1, 0.15) is 5.69 Å². The van der Waals surface area contributed by atoms with Gasteiger partial charge in [0.05, 0.1) is 20.8 Å². The van der Waals surface area contributed by atoms with Crippen LogP contribution in [-0.4, -0.2) is 31.1 Å². The summed E-state index contributed by atoms with van der Waals surface area (Å²) >= 11 is 20.3. The maximum atomic E-state index is 13.0. The van der Waals surface area contributed by atoms with E-state index in [1.807, 2.05) is 22.6 Å². The van der Waals surface area contributed by atoms with E-state index >= 15 is 0 Å². The second kappa shape index (κ2) is 9.29. The third-order valence-electron chi connectivity index (χ3n) is 3.86. The van der Waals surface area contributed by atoms with Crippen LogP contribution in [0.3, 0.4) is 0 Å². The molecule has 2 heterocycles. The van der Waals surface area contributed by atoms with Crippen molar-refractivity contribution < 1.29 is 9.59 Å². The molecule has 0 unspecified atom stereocenters. The number of aromatic nitrogens is 3. The minimum Gasteiger partial charge on any atom is -0.343 e. The van der Waals surface area contributed by atoms with Crippen molar-refractivity contribution in [1.29, 1.82) is 0 Å². The molecule has 2 amide bonds. The first-order valence-corrected chi connectivity index (χ1v) is 10.8. The molecule has 2 aromatic heterocycles. The third kappa shape index (κ3) is 4.82. The number of benzene rings is 1. The van der Waals surface area contributed by atoms with E-state index in [1.165, 1.54) is 23.0 Å². The largest absolute Gasteiger partial charge is 0.343 e. The van der Waals surface area contributed by atoms with Gasteiger partial charge in [-0.1, -0.05) is 57.4 Å². The number of carbonyl (C=O) groups is 2. The highest BCUT2D eigenvalue weighted by Gasteiger charge is 2.22. The SMILES string of the molecule is Cc1cc(Cl)cc(C(=O)NCI)c1NC(=O)c1cc(Cl)nn1-c1ncccc1Cl. The molecule has 0 radical (unpaired) electrons. The second-order valence-corrected chi connectivity index (χ2v) is 7.81. The Morgan fingerprint density at radius 1 is 1.17 bits per heavy atom. The summed E-state index contributed by atoms with van der Waals surface area (Å²) in [5, 5.41) is 10.3. The van der Waals surface area contributed by atoms with Crippen molar-refractivity contribution in [3.63, 3.8) is 0 Å². The summed E-state index contributed by atoms with van der Waals surface area (Å²) < 4.78 is 1.64. The molecule has 3 aromatic rings. The number of anilines is 1. The minimum absolute atomic E-state index is 0.0903. The molecule has 0 spiro atoms. The molecule has 0 bridgehead atoms. The van der Waals surface area contributed by atoms with Crippen LogP contribution < -0.4 is 10.6 Å². The Morgan fingerprint density at radius 3 is 2.62 bits per heavy atom. The molecule has 11 heteroatoms. The summed E-state index contributed by atoms with van der Waals surface area (Å²) in [6.45, 7) is 1.74. The number of hydrogen-bond acceptors (Lipinski definition) is 4. The van der Waals surface area contributed by atoms with Crippen molar-refractivity contribution in [3.05, 3.63) is 68.5 Å². The number of carbonyl (C=O) groups excluding carboxylic acids is 2. The van der Waals surface area contributed by atoms with E-state index in [-0.39, 0.29) is 28.1 Å². The van der Waals surface area contributed by atoms with Gasteiger partial charge in [0.15, 0.2) is 11.0 Å². The van der Waals surface area contributed by atoms with Crippen molar-refractivity contribution >= 4 is 74.9 Å². The maximum Gasteiger partial charge on any atom is 0.274 e. The third-order valence-corrected chi connectivity index (χ3v) is 4.94. The number of nitrogens with one attached hydrogen (secondary N) is 2. The summed E-state index contributed by atoms with van der Waals surface area (Å²) in [4.78, 5) is 29.6. The zero-order valence-electron chi connectivity index (χ0n) is 14.8. The molecule has 0 saturated carbocycles. The van der Waals surface area contributed by atoms with Gasteiger partial charge in [-0.25, -0.2) is 9.67 Å². The molecule has 150 valence electrons. The Bertz CT molecular complexity index is 1100. The van der Waals surface area contributed by atoms with E-state index < -0.39 is 5.91 Å². The number of rotatable bonds is 5. The van der Waals surface area contributed by atoms with Gasteiger partial charge in [-0.15, -0.1) is 0 Å². The van der Waals surface area contributed by atoms with Crippen LogP contribution in [0.15, 0.2) is 36.5 Å². The van der Waals surface area contributed by atoms with Crippen LogP contribution in [0.2, 0.25) is 15.2 Å². The Balaban J connectivity index is 2.03. The fourth-order valence-electron chi connectivity index (χ4n) is 2.63. The predicted molar refractivity (Wildman–Crippen MR) is 122 cm³/mol. The normalized spacial score (nSPS) is 10.7. The van der Waals surface area contributed by atoms with E-state index in [1.54, 1.807) is 25.1 Å². The van der Waals surface area contributed by atoms with Crippen LogP contribution in [0.25, 0.3) is 5.82 Å². The fourth-order valence-corrected chi connectivity index (χ4v) is 3.63. The van der Waals surface area contributed by atoms with E-state index in [2.05, 4.69) is 20.7 Å². The lowest BCUT2D eigenvalue weighted by atomic mass is 10.1. The zero-order chi connectivity index (χ0) is 21.1. The number of halogens is 4. The Kier molecular flexibility index (Phi) is 6.99. The molecular formula is C18H13Cl3IN5O2. The van der Waals surface area contributed by atoms with Crippen LogP contribution in [0.5, 0.6) is 0 Å². The van der Waals surface area contributed by atoms with E-state index in [9.17, 15) is 9.59 Å². The van der Waals surface area contributed by atoms with E-state index in [0.717, 1.165) is 0 Å². The number of alkyl halides is 1. The number of pyridine rings is 1. The van der Waals surface area contributed by atoms with Crippen molar-refractivity contribution in [1.82, 2.24) is 20.1 Å². The van der Waals surface area contributed by atoms with Crippen molar-refractivity contribution in [2.45, 2.75) is 6.92 Å². The molecular weight excluding hydrogens is 551 g/mol. The Labute approximate surface area is 194 Å². The quantitative estimate of drug-likeness (QED) is 0.262. The number of aryl methyl sites for hydroxylation is 1. The highest BCUT2D eigenvalue weighted by atomic mass is 127. The highest BCUT2D eigenvalue weighted by molar-refractivity contribution is 14.1.